The van der Waals surface area contributed by atoms with E-state index < -0.39 is 18.0 Å². The van der Waals surface area contributed by atoms with E-state index in [0.29, 0.717) is 22.6 Å². The molecular weight excluding hydrogens is 334 g/mol. The summed E-state index contributed by atoms with van der Waals surface area (Å²) in [5, 5.41) is 0. The normalized spacial score (nSPS) is 12.0. The molecule has 0 amide bonds. The van der Waals surface area contributed by atoms with Crippen LogP contribution in [-0.4, -0.2) is 29.6 Å². The molecule has 0 aliphatic carbocycles. The Labute approximate surface area is 150 Å². The second kappa shape index (κ2) is 7.39. The van der Waals surface area contributed by atoms with Crippen LogP contribution in [0.1, 0.15) is 29.8 Å². The highest BCUT2D eigenvalue weighted by molar-refractivity contribution is 5.97. The number of aryl methyl sites for hydroxylation is 1. The number of aromatic nitrogens is 1. The summed E-state index contributed by atoms with van der Waals surface area (Å²) >= 11 is 0. The van der Waals surface area contributed by atoms with Crippen LogP contribution in [-0.2, 0) is 14.3 Å². The topological polar surface area (TPSA) is 78.6 Å². The second-order valence-electron chi connectivity index (χ2n) is 5.84. The van der Waals surface area contributed by atoms with E-state index in [0.717, 1.165) is 5.56 Å². The Morgan fingerprint density at radius 1 is 1.19 bits per heavy atom. The van der Waals surface area contributed by atoms with Crippen molar-refractivity contribution in [1.82, 2.24) is 4.98 Å². The van der Waals surface area contributed by atoms with E-state index in [-0.39, 0.29) is 12.2 Å². The molecule has 0 saturated heterocycles. The molecule has 1 atom stereocenters. The van der Waals surface area contributed by atoms with Gasteiger partial charge >= 0.3 is 11.9 Å². The Bertz CT molecular complexity index is 960. The van der Waals surface area contributed by atoms with Gasteiger partial charge in [-0.1, -0.05) is 18.2 Å². The molecular formula is C20H19NO5. The minimum absolute atomic E-state index is 0.222. The number of hydrogen-bond acceptors (Lipinski definition) is 6. The van der Waals surface area contributed by atoms with Gasteiger partial charge in [0.25, 0.3) is 0 Å². The highest BCUT2D eigenvalue weighted by atomic mass is 16.6. The number of nitrogens with zero attached hydrogens (tertiary/aromatic N) is 1. The minimum atomic E-state index is -0.998. The highest BCUT2D eigenvalue weighted by Gasteiger charge is 2.23. The summed E-state index contributed by atoms with van der Waals surface area (Å²) in [5.41, 5.74) is 3.18. The van der Waals surface area contributed by atoms with Crippen LogP contribution in [0.5, 0.6) is 0 Å². The molecule has 0 bridgehead atoms. The fraction of sp³-hybridized carbons (Fsp3) is 0.250. The Kier molecular flexibility index (Phi) is 5.02. The molecule has 6 heteroatoms. The Hall–Kier alpha value is -3.15. The lowest BCUT2D eigenvalue weighted by Gasteiger charge is -2.13. The van der Waals surface area contributed by atoms with Gasteiger partial charge in [-0.2, -0.15) is 0 Å². The maximum atomic E-state index is 12.5. The van der Waals surface area contributed by atoms with Gasteiger partial charge in [0.1, 0.15) is 5.52 Å². The van der Waals surface area contributed by atoms with Gasteiger partial charge in [0, 0.05) is 0 Å². The zero-order chi connectivity index (χ0) is 18.7. The molecule has 0 aliphatic heterocycles. The number of benzene rings is 2. The van der Waals surface area contributed by atoms with Crippen LogP contribution in [0.3, 0.4) is 0 Å². The van der Waals surface area contributed by atoms with Crippen molar-refractivity contribution in [2.24, 2.45) is 0 Å². The van der Waals surface area contributed by atoms with E-state index in [1.165, 1.54) is 6.92 Å². The third-order valence-corrected chi connectivity index (χ3v) is 3.82. The maximum absolute atomic E-state index is 12.5. The van der Waals surface area contributed by atoms with Crippen molar-refractivity contribution >= 4 is 23.0 Å². The van der Waals surface area contributed by atoms with Crippen LogP contribution >= 0.6 is 0 Å². The zero-order valence-electron chi connectivity index (χ0n) is 14.8. The van der Waals surface area contributed by atoms with Crippen LogP contribution in [0.4, 0.5) is 0 Å². The summed E-state index contributed by atoms with van der Waals surface area (Å²) in [4.78, 5) is 28.7. The van der Waals surface area contributed by atoms with Gasteiger partial charge in [-0.05, 0) is 50.6 Å². The molecule has 0 spiro atoms. The molecule has 0 aliphatic rings. The van der Waals surface area contributed by atoms with Crippen molar-refractivity contribution < 1.29 is 23.5 Å². The monoisotopic (exact) mass is 353 g/mol. The van der Waals surface area contributed by atoms with Gasteiger partial charge in [0.2, 0.25) is 5.89 Å². The average Bonchev–Trinajstić information content (AvgIpc) is 3.04. The lowest BCUT2D eigenvalue weighted by Crippen LogP contribution is -2.26. The number of hydrogen-bond donors (Lipinski definition) is 0. The van der Waals surface area contributed by atoms with E-state index in [4.69, 9.17) is 13.9 Å². The predicted molar refractivity (Wildman–Crippen MR) is 95.7 cm³/mol. The molecule has 0 N–H and O–H groups in total. The van der Waals surface area contributed by atoms with Crippen molar-refractivity contribution in [3.63, 3.8) is 0 Å². The molecule has 6 nitrogen and oxygen atoms in total. The molecule has 0 unspecified atom stereocenters. The van der Waals surface area contributed by atoms with Gasteiger partial charge in [-0.25, -0.2) is 14.6 Å². The molecule has 0 radical (unpaired) electrons. The van der Waals surface area contributed by atoms with Crippen LogP contribution in [0, 0.1) is 6.92 Å². The lowest BCUT2D eigenvalue weighted by atomic mass is 10.1. The third-order valence-electron chi connectivity index (χ3n) is 3.82. The largest absolute Gasteiger partial charge is 0.463 e. The van der Waals surface area contributed by atoms with Gasteiger partial charge in [0.15, 0.2) is 11.7 Å². The quantitative estimate of drug-likeness (QED) is 0.647. The van der Waals surface area contributed by atoms with Gasteiger partial charge < -0.3 is 13.9 Å². The van der Waals surface area contributed by atoms with Gasteiger partial charge in [0.05, 0.1) is 17.7 Å². The zero-order valence-corrected chi connectivity index (χ0v) is 14.8. The summed E-state index contributed by atoms with van der Waals surface area (Å²) in [7, 11) is 0. The van der Waals surface area contributed by atoms with Crippen LogP contribution in [0.15, 0.2) is 46.9 Å². The summed E-state index contributed by atoms with van der Waals surface area (Å²) in [6, 6.07) is 12.5. The second-order valence-corrected chi connectivity index (χ2v) is 5.84. The Balaban J connectivity index is 1.92. The van der Waals surface area contributed by atoms with Crippen LogP contribution in [0.25, 0.3) is 22.6 Å². The van der Waals surface area contributed by atoms with E-state index >= 15 is 0 Å². The smallest absolute Gasteiger partial charge is 0.347 e. The summed E-state index contributed by atoms with van der Waals surface area (Å²) in [6.07, 6.45) is -0.998. The SMILES string of the molecule is CCOC(=O)[C@H](C)OC(=O)c1ccccc1-c1nc2cc(C)ccc2o1. The number of ether oxygens (including phenoxy) is 2. The number of esters is 2. The molecule has 3 rings (SSSR count). The predicted octanol–water partition coefficient (Wildman–Crippen LogP) is 3.91. The van der Waals surface area contributed by atoms with E-state index in [1.807, 2.05) is 25.1 Å². The molecule has 134 valence electrons. The number of oxazole rings is 1. The Morgan fingerprint density at radius 2 is 1.96 bits per heavy atom. The molecule has 3 aromatic rings. The lowest BCUT2D eigenvalue weighted by molar-refractivity contribution is -0.152. The first-order valence-corrected chi connectivity index (χ1v) is 8.33. The number of fused-ring (bicyclic) bond motifs is 1. The number of rotatable bonds is 5. The summed E-state index contributed by atoms with van der Waals surface area (Å²) in [5.74, 6) is -0.905. The van der Waals surface area contributed by atoms with Crippen molar-refractivity contribution in [3.05, 3.63) is 53.6 Å². The van der Waals surface area contributed by atoms with Crippen molar-refractivity contribution in [3.8, 4) is 11.5 Å². The van der Waals surface area contributed by atoms with Crippen molar-refractivity contribution in [2.75, 3.05) is 6.61 Å². The van der Waals surface area contributed by atoms with Gasteiger partial charge in [-0.3, -0.25) is 0 Å². The molecule has 2 aromatic carbocycles. The van der Waals surface area contributed by atoms with Gasteiger partial charge in [-0.15, -0.1) is 0 Å². The van der Waals surface area contributed by atoms with E-state index in [1.54, 1.807) is 31.2 Å². The summed E-state index contributed by atoms with van der Waals surface area (Å²) in [6.45, 7) is 5.35. The first kappa shape index (κ1) is 17.7. The number of carbonyl (C=O) groups excluding carboxylic acids is 2. The fourth-order valence-electron chi connectivity index (χ4n) is 2.53. The Morgan fingerprint density at radius 3 is 2.73 bits per heavy atom. The van der Waals surface area contributed by atoms with Crippen molar-refractivity contribution in [2.45, 2.75) is 26.9 Å². The summed E-state index contributed by atoms with van der Waals surface area (Å²) < 4.78 is 15.9. The molecule has 26 heavy (non-hydrogen) atoms. The first-order valence-electron chi connectivity index (χ1n) is 8.33. The molecule has 1 heterocycles. The van der Waals surface area contributed by atoms with Crippen molar-refractivity contribution in [1.29, 1.82) is 0 Å². The third kappa shape index (κ3) is 3.59. The first-order chi connectivity index (χ1) is 12.5. The number of carbonyl (C=O) groups is 2. The molecule has 1 aromatic heterocycles. The highest BCUT2D eigenvalue weighted by Crippen LogP contribution is 2.28. The molecule has 0 fully saturated rings. The maximum Gasteiger partial charge on any atom is 0.347 e. The van der Waals surface area contributed by atoms with Crippen LogP contribution in [0.2, 0.25) is 0 Å². The minimum Gasteiger partial charge on any atom is -0.463 e. The standard InChI is InChI=1S/C20H19NO5/c1-4-24-19(22)13(3)25-20(23)15-8-6-5-7-14(15)18-21-16-11-12(2)9-10-17(16)26-18/h5-11,13H,4H2,1-3H3/t13-/m0/s1. The fourth-order valence-corrected chi connectivity index (χ4v) is 2.53. The van der Waals surface area contributed by atoms with E-state index in [9.17, 15) is 9.59 Å². The average molecular weight is 353 g/mol. The molecule has 0 saturated carbocycles. The van der Waals surface area contributed by atoms with Crippen LogP contribution < -0.4 is 0 Å². The van der Waals surface area contributed by atoms with E-state index in [2.05, 4.69) is 4.98 Å².